The van der Waals surface area contributed by atoms with Crippen molar-refractivity contribution >= 4 is 5.97 Å². The Kier molecular flexibility index (Phi) is 3.52. The predicted octanol–water partition coefficient (Wildman–Crippen LogP) is 1.76. The Hall–Kier alpha value is -1.58. The van der Waals surface area contributed by atoms with Crippen molar-refractivity contribution in [1.29, 1.82) is 0 Å². The first-order valence-electron chi connectivity index (χ1n) is 5.35. The Morgan fingerprint density at radius 1 is 1.56 bits per heavy atom. The molecule has 0 aliphatic rings. The molecule has 0 aromatic carbocycles. The van der Waals surface area contributed by atoms with Crippen LogP contribution in [0.5, 0.6) is 0 Å². The van der Waals surface area contributed by atoms with Gasteiger partial charge in [0.2, 0.25) is 0 Å². The van der Waals surface area contributed by atoms with Gasteiger partial charge in [0.25, 0.3) is 5.56 Å². The number of carbonyl (C=O) groups is 1. The van der Waals surface area contributed by atoms with Gasteiger partial charge in [-0.1, -0.05) is 13.3 Å². The molecule has 1 aromatic rings. The van der Waals surface area contributed by atoms with Crippen LogP contribution in [-0.2, 0) is 10.3 Å². The van der Waals surface area contributed by atoms with E-state index in [1.165, 1.54) is 10.6 Å². The zero-order valence-electron chi connectivity index (χ0n) is 9.86. The van der Waals surface area contributed by atoms with Crippen LogP contribution >= 0.6 is 0 Å². The van der Waals surface area contributed by atoms with E-state index >= 15 is 0 Å². The highest BCUT2D eigenvalue weighted by Gasteiger charge is 2.34. The summed E-state index contributed by atoms with van der Waals surface area (Å²) in [7, 11) is 0. The highest BCUT2D eigenvalue weighted by atomic mass is 16.4. The monoisotopic (exact) mass is 223 g/mol. The summed E-state index contributed by atoms with van der Waals surface area (Å²) in [5.41, 5.74) is -0.580. The molecule has 0 fully saturated rings. The minimum Gasteiger partial charge on any atom is -0.479 e. The van der Waals surface area contributed by atoms with Gasteiger partial charge in [0.05, 0.1) is 0 Å². The molecule has 16 heavy (non-hydrogen) atoms. The van der Waals surface area contributed by atoms with Gasteiger partial charge < -0.3 is 5.11 Å². The molecule has 1 rings (SSSR count). The number of aliphatic carboxylic acids is 1. The maximum Gasteiger partial charge on any atom is 0.329 e. The average molecular weight is 223 g/mol. The van der Waals surface area contributed by atoms with E-state index in [-0.39, 0.29) is 5.56 Å². The van der Waals surface area contributed by atoms with Crippen molar-refractivity contribution in [2.24, 2.45) is 0 Å². The molecule has 0 amide bonds. The van der Waals surface area contributed by atoms with E-state index in [2.05, 4.69) is 0 Å². The summed E-state index contributed by atoms with van der Waals surface area (Å²) in [4.78, 5) is 23.1. The van der Waals surface area contributed by atoms with Gasteiger partial charge in [-0.15, -0.1) is 0 Å². The summed E-state index contributed by atoms with van der Waals surface area (Å²) in [6.45, 7) is 5.29. The van der Waals surface area contributed by atoms with Crippen LogP contribution < -0.4 is 5.56 Å². The predicted molar refractivity (Wildman–Crippen MR) is 61.6 cm³/mol. The molecule has 88 valence electrons. The van der Waals surface area contributed by atoms with E-state index in [0.717, 1.165) is 5.56 Å². The molecule has 0 aliphatic heterocycles. The van der Waals surface area contributed by atoms with E-state index in [4.69, 9.17) is 0 Å². The molecule has 0 saturated carbocycles. The van der Waals surface area contributed by atoms with Gasteiger partial charge in [0.15, 0.2) is 0 Å². The molecule has 1 heterocycles. The molecule has 0 bridgehead atoms. The van der Waals surface area contributed by atoms with E-state index in [0.29, 0.717) is 12.8 Å². The van der Waals surface area contributed by atoms with E-state index in [9.17, 15) is 14.7 Å². The summed E-state index contributed by atoms with van der Waals surface area (Å²) in [6.07, 6.45) is 2.70. The third kappa shape index (κ3) is 2.15. The highest BCUT2D eigenvalue weighted by molar-refractivity contribution is 5.76. The molecule has 1 unspecified atom stereocenters. The zero-order chi connectivity index (χ0) is 12.3. The van der Waals surface area contributed by atoms with Crippen LogP contribution in [0.3, 0.4) is 0 Å². The third-order valence-electron chi connectivity index (χ3n) is 2.80. The van der Waals surface area contributed by atoms with Crippen LogP contribution in [0.25, 0.3) is 0 Å². The Morgan fingerprint density at radius 3 is 2.62 bits per heavy atom. The summed E-state index contributed by atoms with van der Waals surface area (Å²) >= 11 is 0. The summed E-state index contributed by atoms with van der Waals surface area (Å²) in [6, 6.07) is 3.20. The Morgan fingerprint density at radius 2 is 2.19 bits per heavy atom. The second-order valence-electron chi connectivity index (χ2n) is 4.24. The number of carboxylic acid groups (broad SMARTS) is 1. The van der Waals surface area contributed by atoms with Gasteiger partial charge in [-0.05, 0) is 31.9 Å². The second kappa shape index (κ2) is 4.51. The number of aromatic nitrogens is 1. The lowest BCUT2D eigenvalue weighted by atomic mass is 9.95. The van der Waals surface area contributed by atoms with Crippen LogP contribution in [-0.4, -0.2) is 15.6 Å². The van der Waals surface area contributed by atoms with Gasteiger partial charge in [-0.3, -0.25) is 9.36 Å². The van der Waals surface area contributed by atoms with Gasteiger partial charge in [0.1, 0.15) is 5.54 Å². The molecule has 0 aliphatic carbocycles. The molecule has 4 heteroatoms. The standard InChI is InChI=1S/C12H17NO3/c1-4-6-12(3,11(15)16)13-7-5-9(2)8-10(13)14/h5,7-8H,4,6H2,1-3H3,(H,15,16). The fourth-order valence-corrected chi connectivity index (χ4v) is 1.80. The first kappa shape index (κ1) is 12.5. The minimum absolute atomic E-state index is 0.265. The molecule has 0 radical (unpaired) electrons. The zero-order valence-corrected chi connectivity index (χ0v) is 9.86. The number of hydrogen-bond acceptors (Lipinski definition) is 2. The van der Waals surface area contributed by atoms with Crippen molar-refractivity contribution in [3.63, 3.8) is 0 Å². The largest absolute Gasteiger partial charge is 0.479 e. The average Bonchev–Trinajstić information content (AvgIpc) is 2.17. The first-order valence-corrected chi connectivity index (χ1v) is 5.35. The number of hydrogen-bond donors (Lipinski definition) is 1. The lowest BCUT2D eigenvalue weighted by molar-refractivity contribution is -0.147. The lowest BCUT2D eigenvalue weighted by Crippen LogP contribution is -2.44. The Labute approximate surface area is 94.5 Å². The first-order chi connectivity index (χ1) is 7.41. The number of aryl methyl sites for hydroxylation is 1. The molecular weight excluding hydrogens is 206 g/mol. The number of nitrogens with zero attached hydrogens (tertiary/aromatic N) is 1. The van der Waals surface area contributed by atoms with Crippen LogP contribution in [0, 0.1) is 6.92 Å². The van der Waals surface area contributed by atoms with Crippen molar-refractivity contribution in [3.05, 3.63) is 34.2 Å². The van der Waals surface area contributed by atoms with Gasteiger partial charge in [0, 0.05) is 12.3 Å². The fourth-order valence-electron chi connectivity index (χ4n) is 1.80. The second-order valence-corrected chi connectivity index (χ2v) is 4.24. The molecule has 0 spiro atoms. The number of rotatable bonds is 4. The highest BCUT2D eigenvalue weighted by Crippen LogP contribution is 2.21. The van der Waals surface area contributed by atoms with E-state index in [1.54, 1.807) is 19.2 Å². The van der Waals surface area contributed by atoms with Gasteiger partial charge in [-0.2, -0.15) is 0 Å². The Bertz CT molecular complexity index is 450. The minimum atomic E-state index is -1.15. The SMILES string of the molecule is CCCC(C)(C(=O)O)n1ccc(C)cc1=O. The van der Waals surface area contributed by atoms with Crippen molar-refractivity contribution in [1.82, 2.24) is 4.57 Å². The van der Waals surface area contributed by atoms with E-state index in [1.807, 2.05) is 13.8 Å². The summed E-state index contributed by atoms with van der Waals surface area (Å²) in [5, 5.41) is 9.25. The molecule has 1 N–H and O–H groups in total. The van der Waals surface area contributed by atoms with Crippen LogP contribution in [0.1, 0.15) is 32.3 Å². The number of carboxylic acids is 1. The van der Waals surface area contributed by atoms with Gasteiger partial charge in [-0.25, -0.2) is 4.79 Å². The topological polar surface area (TPSA) is 59.3 Å². The quantitative estimate of drug-likeness (QED) is 0.846. The summed E-state index contributed by atoms with van der Waals surface area (Å²) in [5.74, 6) is -0.972. The van der Waals surface area contributed by atoms with E-state index < -0.39 is 11.5 Å². The Balaban J connectivity index is 3.32. The fraction of sp³-hybridized carbons (Fsp3) is 0.500. The number of pyridine rings is 1. The van der Waals surface area contributed by atoms with Crippen LogP contribution in [0.15, 0.2) is 23.1 Å². The van der Waals surface area contributed by atoms with Crippen LogP contribution in [0.4, 0.5) is 0 Å². The molecule has 1 atom stereocenters. The normalized spacial score (nSPS) is 14.4. The third-order valence-corrected chi connectivity index (χ3v) is 2.80. The molecule has 1 aromatic heterocycles. The van der Waals surface area contributed by atoms with Crippen molar-refractivity contribution < 1.29 is 9.90 Å². The lowest BCUT2D eigenvalue weighted by Gasteiger charge is -2.27. The molecular formula is C12H17NO3. The maximum atomic E-state index is 11.8. The van der Waals surface area contributed by atoms with Crippen molar-refractivity contribution in [2.75, 3.05) is 0 Å². The van der Waals surface area contributed by atoms with Crippen molar-refractivity contribution in [2.45, 2.75) is 39.2 Å². The van der Waals surface area contributed by atoms with Gasteiger partial charge >= 0.3 is 5.97 Å². The smallest absolute Gasteiger partial charge is 0.329 e. The maximum absolute atomic E-state index is 11.8. The molecule has 0 saturated heterocycles. The summed E-state index contributed by atoms with van der Waals surface area (Å²) < 4.78 is 1.30. The van der Waals surface area contributed by atoms with Crippen molar-refractivity contribution in [3.8, 4) is 0 Å². The molecule has 4 nitrogen and oxygen atoms in total. The van der Waals surface area contributed by atoms with Crippen LogP contribution in [0.2, 0.25) is 0 Å².